The van der Waals surface area contributed by atoms with Crippen LogP contribution in [-0.2, 0) is 80.1 Å². The molecule has 8 aliphatic heterocycles. The topological polar surface area (TPSA) is 408 Å². The van der Waals surface area contributed by atoms with Gasteiger partial charge in [-0.05, 0) is 132 Å². The van der Waals surface area contributed by atoms with Gasteiger partial charge >= 0.3 is 11.9 Å². The Hall–Kier alpha value is -10.2. The summed E-state index contributed by atoms with van der Waals surface area (Å²) in [7, 11) is 1.46. The normalized spacial score (nSPS) is 28.9. The molecule has 1 unspecified atom stereocenters. The molecule has 10 heterocycles. The maximum atomic E-state index is 15.7. The number of benzene rings is 2. The lowest BCUT2D eigenvalue weighted by Crippen LogP contribution is -2.63. The molecule has 6 N–H and O–H groups in total. The number of cyclic esters (lactones) is 2. The number of ether oxygens (including phenoxy) is 2. The Bertz CT molecular complexity index is 4590. The van der Waals surface area contributed by atoms with Crippen LogP contribution in [-0.4, -0.2) is 292 Å². The first kappa shape index (κ1) is 93.1. The number of anilines is 1. The molecule has 2 aromatic heterocycles. The van der Waals surface area contributed by atoms with Crippen LogP contribution < -0.4 is 26.2 Å². The monoisotopic (exact) mass is 1710 g/mol. The number of sulfone groups is 1. The number of rotatable bonds is 17. The quantitative estimate of drug-likeness (QED) is 0.0787. The number of allylic oxidation sites excluding steroid dienone is 2. The maximum Gasteiger partial charge on any atom is 0.333 e. The molecule has 34 heteroatoms. The minimum Gasteiger partial charge on any atom is -0.505 e. The van der Waals surface area contributed by atoms with E-state index in [0.717, 1.165) is 54.9 Å². The lowest BCUT2D eigenvalue weighted by atomic mass is 9.88. The van der Waals surface area contributed by atoms with Gasteiger partial charge in [0.1, 0.15) is 72.0 Å². The van der Waals surface area contributed by atoms with E-state index in [1.165, 1.54) is 59.2 Å². The minimum absolute atomic E-state index is 0.0243. The maximum absolute atomic E-state index is 15.7. The van der Waals surface area contributed by atoms with E-state index in [0.29, 0.717) is 42.0 Å². The number of likely N-dealkylation sites (N-methyl/N-ethyl adjacent to an activating group) is 1. The van der Waals surface area contributed by atoms with Gasteiger partial charge in [-0.3, -0.25) is 47.9 Å². The molecular formula is C87H117N13O19S2. The number of pyridine rings is 1. The van der Waals surface area contributed by atoms with Crippen molar-refractivity contribution in [1.29, 1.82) is 0 Å². The number of aromatic nitrogens is 2. The Kier molecular flexibility index (Phi) is 32.8. The number of carbonyl (C=O) groups is 12. The third-order valence-corrected chi connectivity index (χ3v) is 27.5. The molecule has 7 saturated heterocycles. The summed E-state index contributed by atoms with van der Waals surface area (Å²) >= 11 is 1.73. The van der Waals surface area contributed by atoms with Gasteiger partial charge in [-0.15, -0.1) is 0 Å². The number of nitrogens with one attached hydrogen (secondary N) is 4. The second-order valence-corrected chi connectivity index (χ2v) is 36.4. The standard InChI is InChI=1S/C53H67N9O10S.C34H50N4O9S/c1-6-37-50(68)61-23-11-14-38(61)51(69)59(5)40(26-32-16-18-36(19-17-32)58(3)4)52(70)62-28-35(30-73-43-29-60-24-20-33(43)21-25-60)42(64)27-39(62)47(65)57-45(34-12-8-7-9-13-34)53(71)72-31(2)44(48(66)55-37)56-49(67)46-41(63)15-10-22-54-46;1-7-37(8-2)16-17-48(44,45)28-13-15-38-31(28)34(43)47-32(22(3)4)24(6)11-12-29(41)35-14-9-10-23(5)18-25(39)19-26(40)20-30-36-27(21-46-30)33(38)42/h7-10,12-13,15-19,22,31,33,35,37-40,43-45,63H,6,11,14,20-21,23-30H2,1-5H3,(H,55,66)(H,56,67)(H,57,65);9-12,18,21-22,24-25,28,31-32,39H,7-8,13-17,19-20H2,1-6H3,(H,35,41)/b;10-9-,12-11+,23-18+/t31-,35+,37-,38+,39+,40?,43-,44+,45+;24-,25-,28-,31-,32+/m11/s1. The first-order valence-electron chi connectivity index (χ1n) is 41.9. The molecule has 12 rings (SSSR count). The minimum atomic E-state index is -3.87. The fourth-order valence-electron chi connectivity index (χ4n) is 16.8. The molecule has 0 saturated carbocycles. The van der Waals surface area contributed by atoms with E-state index in [-0.39, 0.29) is 124 Å². The van der Waals surface area contributed by atoms with Crippen LogP contribution in [0.5, 0.6) is 5.75 Å². The number of Topliss-reactive ketones (excluding diaryl/α,β-unsaturated/α-hetero) is 2. The van der Waals surface area contributed by atoms with Crippen LogP contribution in [0.4, 0.5) is 5.69 Å². The Morgan fingerprint density at radius 3 is 2.17 bits per heavy atom. The smallest absolute Gasteiger partial charge is 0.333 e. The zero-order chi connectivity index (χ0) is 87.7. The summed E-state index contributed by atoms with van der Waals surface area (Å²) in [6.07, 6.45) is 9.09. The number of aromatic hydroxyl groups is 1. The first-order chi connectivity index (χ1) is 57.7. The molecule has 656 valence electrons. The number of oxazole rings is 1. The predicted molar refractivity (Wildman–Crippen MR) is 452 cm³/mol. The average molecular weight is 1710 g/mol. The zero-order valence-corrected chi connectivity index (χ0v) is 72.5. The number of aliphatic hydroxyl groups is 1. The number of hydrogen-bond acceptors (Lipinski definition) is 25. The summed E-state index contributed by atoms with van der Waals surface area (Å²) in [5, 5.41) is 30.8. The van der Waals surface area contributed by atoms with E-state index in [1.54, 1.807) is 81.1 Å². The van der Waals surface area contributed by atoms with Gasteiger partial charge in [0.15, 0.2) is 27.3 Å². The second kappa shape index (κ2) is 42.6. The largest absolute Gasteiger partial charge is 0.505 e. The van der Waals surface area contributed by atoms with Crippen molar-refractivity contribution in [3.05, 3.63) is 144 Å². The number of fused-ring (bicyclic) bond motifs is 8. The molecule has 121 heavy (non-hydrogen) atoms. The van der Waals surface area contributed by atoms with Crippen LogP contribution in [0.15, 0.2) is 120 Å². The molecule has 0 spiro atoms. The fraction of sp³-hybridized carbons (Fsp3) is 0.563. The highest BCUT2D eigenvalue weighted by Crippen LogP contribution is 2.38. The number of nitrogens with zero attached hydrogens (tertiary/aromatic N) is 9. The molecule has 4 bridgehead atoms. The molecule has 8 amide bonds. The van der Waals surface area contributed by atoms with Gasteiger partial charge in [0.25, 0.3) is 11.8 Å². The molecule has 8 aliphatic rings. The highest BCUT2D eigenvalue weighted by molar-refractivity contribution is 8.00. The number of ketones is 2. The van der Waals surface area contributed by atoms with Crippen LogP contribution in [0.3, 0.4) is 0 Å². The van der Waals surface area contributed by atoms with Crippen molar-refractivity contribution in [3.8, 4) is 5.75 Å². The van der Waals surface area contributed by atoms with E-state index < -0.39 is 152 Å². The Balaban J connectivity index is 0.000000278. The number of esters is 2. The van der Waals surface area contributed by atoms with Crippen molar-refractivity contribution in [2.75, 3.05) is 103 Å². The van der Waals surface area contributed by atoms with Crippen molar-refractivity contribution in [1.82, 2.24) is 60.6 Å². The van der Waals surface area contributed by atoms with Gasteiger partial charge in [-0.2, -0.15) is 11.8 Å². The van der Waals surface area contributed by atoms with Crippen LogP contribution in [0.1, 0.15) is 151 Å². The zero-order valence-electron chi connectivity index (χ0n) is 70.9. The second-order valence-electron chi connectivity index (χ2n) is 32.8. The SMILES string of the molecule is CCN(CC)CCS(=O)(=O)[C@@H]1CCN2C(=O)c3coc(n3)CC(=O)C[C@H](O)/C=C(C)/C=C\CNC(=O)/C=C/[C@@H](C)[C@H](C(C)C)OC(=O)[C@@H]12.CC[C@H]1NC(=O)[C@@H](NC(=O)c2ncccc2O)[C@@H](C)OC(=O)[C@H](c2ccccc2)NC(=O)[C@@H]2CC(=O)[C@H](CS[C@@H]3CN4CCC3CC4)CN2C(=O)C(Cc2ccc(N(C)C)cc2)N(C)C(=O)[C@@H]2CCCN2C1=O. The van der Waals surface area contributed by atoms with E-state index >= 15 is 14.4 Å². The van der Waals surface area contributed by atoms with Gasteiger partial charge in [0, 0.05) is 114 Å². The van der Waals surface area contributed by atoms with Crippen molar-refractivity contribution in [2.45, 2.75) is 191 Å². The number of hydrogen-bond donors (Lipinski definition) is 6. The summed E-state index contributed by atoms with van der Waals surface area (Å²) in [5.41, 5.74) is 1.99. The molecule has 2 aromatic carbocycles. The highest BCUT2D eigenvalue weighted by Gasteiger charge is 2.52. The van der Waals surface area contributed by atoms with Crippen LogP contribution in [0.2, 0.25) is 0 Å². The van der Waals surface area contributed by atoms with E-state index in [9.17, 15) is 61.8 Å². The number of aliphatic hydroxyl groups excluding tert-OH is 1. The summed E-state index contributed by atoms with van der Waals surface area (Å²) in [4.78, 5) is 190. The van der Waals surface area contributed by atoms with Crippen molar-refractivity contribution in [2.24, 2.45) is 23.7 Å². The summed E-state index contributed by atoms with van der Waals surface area (Å²) < 4.78 is 44.9. The number of amides is 8. The van der Waals surface area contributed by atoms with Gasteiger partial charge in [0.2, 0.25) is 41.3 Å². The Labute approximate surface area is 711 Å². The summed E-state index contributed by atoms with van der Waals surface area (Å²) in [6.45, 7) is 19.0. The molecular weight excluding hydrogens is 1600 g/mol. The fourth-order valence-corrected chi connectivity index (χ4v) is 20.3. The molecule has 32 nitrogen and oxygen atoms in total. The Morgan fingerprint density at radius 1 is 0.785 bits per heavy atom. The van der Waals surface area contributed by atoms with Crippen molar-refractivity contribution < 1.29 is 90.1 Å². The first-order valence-corrected chi connectivity index (χ1v) is 44.7. The lowest BCUT2D eigenvalue weighted by molar-refractivity contribution is -0.158. The third kappa shape index (κ3) is 23.8. The van der Waals surface area contributed by atoms with Crippen LogP contribution >= 0.6 is 11.8 Å². The summed E-state index contributed by atoms with van der Waals surface area (Å²) in [5.74, 6) is -9.05. The molecule has 4 aromatic rings. The third-order valence-electron chi connectivity index (χ3n) is 23.8. The van der Waals surface area contributed by atoms with E-state index in [1.807, 2.05) is 75.9 Å². The summed E-state index contributed by atoms with van der Waals surface area (Å²) in [6, 6.07) is 8.81. The van der Waals surface area contributed by atoms with Gasteiger partial charge in [-0.25, -0.2) is 28.0 Å². The van der Waals surface area contributed by atoms with Crippen LogP contribution in [0.25, 0.3) is 0 Å². The van der Waals surface area contributed by atoms with E-state index in [4.69, 9.17) is 13.9 Å². The van der Waals surface area contributed by atoms with E-state index in [2.05, 4.69) is 36.1 Å². The number of piperidine rings is 4. The average Bonchev–Trinajstić information content (AvgIpc) is 1.69. The predicted octanol–water partition coefficient (Wildman–Crippen LogP) is 4.59. The number of carbonyl (C=O) groups excluding carboxylic acids is 12. The van der Waals surface area contributed by atoms with Crippen molar-refractivity contribution >= 4 is 98.0 Å². The van der Waals surface area contributed by atoms with Crippen molar-refractivity contribution in [3.63, 3.8) is 0 Å². The molecule has 0 aliphatic carbocycles. The Morgan fingerprint density at radius 2 is 1.50 bits per heavy atom. The highest BCUT2D eigenvalue weighted by atomic mass is 32.2. The van der Waals surface area contributed by atoms with Gasteiger partial charge < -0.3 is 79.7 Å². The lowest BCUT2D eigenvalue weighted by Gasteiger charge is -2.45. The molecule has 0 radical (unpaired) electrons. The van der Waals surface area contributed by atoms with Gasteiger partial charge in [-0.1, -0.05) is 114 Å². The van der Waals surface area contributed by atoms with Gasteiger partial charge in [0.05, 0.1) is 23.5 Å². The molecule has 14 atom stereocenters. The number of thioether (sulfide) groups is 1. The van der Waals surface area contributed by atoms with Crippen LogP contribution in [0, 0.1) is 23.7 Å². The molecule has 7 fully saturated rings.